The molecule has 1 nitrogen and oxygen atoms in total. The molecule has 4 unspecified atom stereocenters. The van der Waals surface area contributed by atoms with Crippen LogP contribution in [-0.2, 0) is 0 Å². The highest BCUT2D eigenvalue weighted by molar-refractivity contribution is 5.09. The quantitative estimate of drug-likeness (QED) is 0.772. The first kappa shape index (κ1) is 12.0. The van der Waals surface area contributed by atoms with E-state index < -0.39 is 6.17 Å². The third-order valence-electron chi connectivity index (χ3n) is 5.60. The Kier molecular flexibility index (Phi) is 2.97. The van der Waals surface area contributed by atoms with Crippen LogP contribution in [0.3, 0.4) is 0 Å². The first-order chi connectivity index (χ1) is 8.15. The minimum Gasteiger partial charge on any atom is -0.311 e. The summed E-state index contributed by atoms with van der Waals surface area (Å²) in [6.45, 7) is 3.46. The highest BCUT2D eigenvalue weighted by Gasteiger charge is 2.53. The van der Waals surface area contributed by atoms with Crippen LogP contribution in [0.15, 0.2) is 0 Å². The smallest absolute Gasteiger partial charge is 0.102 e. The summed E-state index contributed by atoms with van der Waals surface area (Å²) in [6.07, 6.45) is 10.3. The molecule has 1 aliphatic heterocycles. The lowest BCUT2D eigenvalue weighted by Crippen LogP contribution is -2.36. The molecule has 0 bridgehead atoms. The average Bonchev–Trinajstić information content (AvgIpc) is 2.94. The zero-order valence-corrected chi connectivity index (χ0v) is 11.1. The van der Waals surface area contributed by atoms with E-state index in [1.165, 1.54) is 45.1 Å². The average molecular weight is 239 g/mol. The van der Waals surface area contributed by atoms with Crippen LogP contribution in [0.4, 0.5) is 4.39 Å². The van der Waals surface area contributed by atoms with Crippen molar-refractivity contribution in [2.45, 2.75) is 76.4 Å². The Morgan fingerprint density at radius 2 is 2.12 bits per heavy atom. The van der Waals surface area contributed by atoms with Gasteiger partial charge >= 0.3 is 0 Å². The van der Waals surface area contributed by atoms with E-state index in [4.69, 9.17) is 0 Å². The Bertz CT molecular complexity index is 293. The SMILES string of the molecule is CCCC1CCC2(CNC3(CCC(F)C3)C2)C1. The lowest BCUT2D eigenvalue weighted by molar-refractivity contribution is 0.263. The summed E-state index contributed by atoms with van der Waals surface area (Å²) in [7, 11) is 0. The number of alkyl halides is 1. The number of hydrogen-bond acceptors (Lipinski definition) is 1. The maximum absolute atomic E-state index is 13.5. The molecule has 3 rings (SSSR count). The number of hydrogen-bond donors (Lipinski definition) is 1. The van der Waals surface area contributed by atoms with Crippen molar-refractivity contribution < 1.29 is 4.39 Å². The molecule has 0 aromatic carbocycles. The second kappa shape index (κ2) is 4.22. The predicted molar refractivity (Wildman–Crippen MR) is 68.8 cm³/mol. The van der Waals surface area contributed by atoms with Gasteiger partial charge in [-0.2, -0.15) is 0 Å². The van der Waals surface area contributed by atoms with Crippen molar-refractivity contribution in [1.29, 1.82) is 0 Å². The monoisotopic (exact) mass is 239 g/mol. The Morgan fingerprint density at radius 1 is 1.24 bits per heavy atom. The van der Waals surface area contributed by atoms with Crippen LogP contribution in [0.1, 0.15) is 64.7 Å². The van der Waals surface area contributed by atoms with E-state index in [1.54, 1.807) is 0 Å². The molecule has 98 valence electrons. The molecule has 3 aliphatic rings. The minimum atomic E-state index is -0.537. The molecule has 0 amide bonds. The van der Waals surface area contributed by atoms with Gasteiger partial charge in [0.05, 0.1) is 0 Å². The van der Waals surface area contributed by atoms with Crippen molar-refractivity contribution >= 4 is 0 Å². The Balaban J connectivity index is 1.64. The Hall–Kier alpha value is -0.110. The molecule has 2 saturated carbocycles. The summed E-state index contributed by atoms with van der Waals surface area (Å²) < 4.78 is 13.5. The van der Waals surface area contributed by atoms with Crippen molar-refractivity contribution in [3.05, 3.63) is 0 Å². The van der Waals surface area contributed by atoms with Crippen molar-refractivity contribution in [3.63, 3.8) is 0 Å². The summed E-state index contributed by atoms with van der Waals surface area (Å²) in [5.74, 6) is 0.958. The van der Waals surface area contributed by atoms with Gasteiger partial charge in [0, 0.05) is 12.1 Å². The first-order valence-corrected chi connectivity index (χ1v) is 7.54. The van der Waals surface area contributed by atoms with Gasteiger partial charge in [0.15, 0.2) is 0 Å². The molecule has 0 aromatic heterocycles. The Labute approximate surface area is 105 Å². The van der Waals surface area contributed by atoms with Gasteiger partial charge in [-0.05, 0) is 56.3 Å². The van der Waals surface area contributed by atoms with Crippen LogP contribution in [0, 0.1) is 11.3 Å². The number of halogens is 1. The molecular weight excluding hydrogens is 213 g/mol. The standard InChI is InChI=1S/C15H26FN/c1-2-3-12-4-6-14(8-12)10-15(17-11-14)7-5-13(16)9-15/h12-13,17H,2-11H2,1H3. The fourth-order valence-electron chi connectivity index (χ4n) is 4.90. The van der Waals surface area contributed by atoms with E-state index >= 15 is 0 Å². The van der Waals surface area contributed by atoms with Crippen LogP contribution < -0.4 is 5.32 Å². The summed E-state index contributed by atoms with van der Waals surface area (Å²) in [4.78, 5) is 0. The van der Waals surface area contributed by atoms with E-state index in [0.717, 1.165) is 25.2 Å². The van der Waals surface area contributed by atoms with Crippen LogP contribution in [-0.4, -0.2) is 18.3 Å². The largest absolute Gasteiger partial charge is 0.311 e. The van der Waals surface area contributed by atoms with Crippen molar-refractivity contribution in [2.75, 3.05) is 6.54 Å². The maximum Gasteiger partial charge on any atom is 0.102 e. The van der Waals surface area contributed by atoms with Crippen LogP contribution in [0.5, 0.6) is 0 Å². The molecule has 1 heterocycles. The second-order valence-electron chi connectivity index (χ2n) is 7.05. The highest BCUT2D eigenvalue weighted by Crippen LogP contribution is 2.54. The fourth-order valence-corrected chi connectivity index (χ4v) is 4.90. The molecule has 17 heavy (non-hydrogen) atoms. The molecule has 1 saturated heterocycles. The third-order valence-corrected chi connectivity index (χ3v) is 5.60. The van der Waals surface area contributed by atoms with E-state index in [1.807, 2.05) is 0 Å². The van der Waals surface area contributed by atoms with Crippen LogP contribution >= 0.6 is 0 Å². The summed E-state index contributed by atoms with van der Waals surface area (Å²) >= 11 is 0. The lowest BCUT2D eigenvalue weighted by atomic mass is 9.78. The Morgan fingerprint density at radius 3 is 2.82 bits per heavy atom. The van der Waals surface area contributed by atoms with Crippen molar-refractivity contribution in [2.24, 2.45) is 11.3 Å². The normalized spacial score (nSPS) is 49.8. The number of rotatable bonds is 2. The van der Waals surface area contributed by atoms with Gasteiger partial charge in [0.2, 0.25) is 0 Å². The van der Waals surface area contributed by atoms with Gasteiger partial charge in [-0.25, -0.2) is 4.39 Å². The second-order valence-corrected chi connectivity index (χ2v) is 7.05. The predicted octanol–water partition coefficient (Wildman–Crippen LogP) is 3.83. The van der Waals surface area contributed by atoms with Crippen molar-refractivity contribution in [3.8, 4) is 0 Å². The highest BCUT2D eigenvalue weighted by atomic mass is 19.1. The summed E-state index contributed by atoms with van der Waals surface area (Å²) in [5.41, 5.74) is 0.740. The molecule has 4 atom stereocenters. The van der Waals surface area contributed by atoms with E-state index in [-0.39, 0.29) is 5.54 Å². The van der Waals surface area contributed by atoms with Crippen molar-refractivity contribution in [1.82, 2.24) is 5.32 Å². The minimum absolute atomic E-state index is 0.195. The molecule has 0 aromatic rings. The molecule has 2 heteroatoms. The lowest BCUT2D eigenvalue weighted by Gasteiger charge is -2.27. The summed E-state index contributed by atoms with van der Waals surface area (Å²) in [5, 5.41) is 3.72. The van der Waals surface area contributed by atoms with Crippen LogP contribution in [0.2, 0.25) is 0 Å². The molecular formula is C15H26FN. The van der Waals surface area contributed by atoms with Gasteiger partial charge in [0.25, 0.3) is 0 Å². The fraction of sp³-hybridized carbons (Fsp3) is 1.00. The third kappa shape index (κ3) is 2.14. The van der Waals surface area contributed by atoms with E-state index in [0.29, 0.717) is 5.41 Å². The van der Waals surface area contributed by atoms with E-state index in [2.05, 4.69) is 12.2 Å². The molecule has 2 spiro atoms. The van der Waals surface area contributed by atoms with E-state index in [9.17, 15) is 4.39 Å². The van der Waals surface area contributed by atoms with Gasteiger partial charge < -0.3 is 5.32 Å². The molecule has 3 fully saturated rings. The summed E-state index contributed by atoms with van der Waals surface area (Å²) in [6, 6.07) is 0. The van der Waals surface area contributed by atoms with Crippen LogP contribution in [0.25, 0.3) is 0 Å². The zero-order valence-electron chi connectivity index (χ0n) is 11.1. The van der Waals surface area contributed by atoms with Gasteiger partial charge in [-0.1, -0.05) is 19.8 Å². The number of nitrogens with one attached hydrogen (secondary N) is 1. The molecule has 2 aliphatic carbocycles. The van der Waals surface area contributed by atoms with Gasteiger partial charge in [-0.15, -0.1) is 0 Å². The zero-order chi connectivity index (χ0) is 11.9. The maximum atomic E-state index is 13.5. The van der Waals surface area contributed by atoms with Gasteiger partial charge in [-0.3, -0.25) is 0 Å². The van der Waals surface area contributed by atoms with Gasteiger partial charge in [0.1, 0.15) is 6.17 Å². The first-order valence-electron chi connectivity index (χ1n) is 7.54. The topological polar surface area (TPSA) is 12.0 Å². The molecule has 0 radical (unpaired) electrons. The molecule has 1 N–H and O–H groups in total.